The summed E-state index contributed by atoms with van der Waals surface area (Å²) in [5.74, 6) is 0.724. The number of sulfonamides is 1. The quantitative estimate of drug-likeness (QED) is 0.295. The number of pyridine rings is 1. The summed E-state index contributed by atoms with van der Waals surface area (Å²) < 4.78 is 29.9. The van der Waals surface area contributed by atoms with E-state index in [1.54, 1.807) is 42.6 Å². The maximum atomic E-state index is 13.6. The van der Waals surface area contributed by atoms with E-state index in [0.29, 0.717) is 46.7 Å². The molecule has 1 saturated heterocycles. The van der Waals surface area contributed by atoms with Crippen LogP contribution in [0.5, 0.6) is 0 Å². The Bertz CT molecular complexity index is 1700. The van der Waals surface area contributed by atoms with E-state index >= 15 is 0 Å². The fourth-order valence-corrected chi connectivity index (χ4v) is 7.18. The maximum absolute atomic E-state index is 13.6. The molecule has 0 spiro atoms. The predicted octanol–water partition coefficient (Wildman–Crippen LogP) is 5.23. The van der Waals surface area contributed by atoms with Gasteiger partial charge in [-0.25, -0.2) is 8.42 Å². The zero-order valence-electron chi connectivity index (χ0n) is 23.4. The number of amides is 1. The van der Waals surface area contributed by atoms with Gasteiger partial charge in [0.05, 0.1) is 10.4 Å². The van der Waals surface area contributed by atoms with Crippen LogP contribution in [0.1, 0.15) is 37.0 Å². The molecule has 0 bridgehead atoms. The fourth-order valence-electron chi connectivity index (χ4n) is 5.92. The molecule has 2 aliphatic rings. The average Bonchev–Trinajstić information content (AvgIpc) is 3.83. The predicted molar refractivity (Wildman–Crippen MR) is 163 cm³/mol. The van der Waals surface area contributed by atoms with Crippen molar-refractivity contribution < 1.29 is 13.2 Å². The molecule has 3 N–H and O–H groups in total. The van der Waals surface area contributed by atoms with Crippen LogP contribution in [0.25, 0.3) is 22.0 Å². The normalized spacial score (nSPS) is 16.6. The SMILES string of the molecule is CC(C)(C1CC1)N1CCN(C(=O)c2ccc(NS(=O)(=O)c3ccc(N)cc3-c3cccc4cccnc34)cc2)CC1. The molecule has 4 aromatic rings. The number of rotatable bonds is 7. The highest BCUT2D eigenvalue weighted by atomic mass is 32.2. The number of hydrogen-bond acceptors (Lipinski definition) is 6. The van der Waals surface area contributed by atoms with E-state index in [9.17, 15) is 13.2 Å². The number of hydrogen-bond donors (Lipinski definition) is 2. The van der Waals surface area contributed by atoms with Crippen molar-refractivity contribution in [3.8, 4) is 11.1 Å². The molecular weight excluding hydrogens is 534 g/mol. The van der Waals surface area contributed by atoms with Crippen LogP contribution < -0.4 is 10.5 Å². The van der Waals surface area contributed by atoms with Gasteiger partial charge in [0.15, 0.2) is 0 Å². The van der Waals surface area contributed by atoms with Crippen LogP contribution in [0.15, 0.2) is 83.9 Å². The van der Waals surface area contributed by atoms with Gasteiger partial charge < -0.3 is 10.6 Å². The lowest BCUT2D eigenvalue weighted by Gasteiger charge is -2.44. The Balaban J connectivity index is 1.19. The number of aromatic nitrogens is 1. The zero-order valence-corrected chi connectivity index (χ0v) is 24.2. The van der Waals surface area contributed by atoms with E-state index in [1.165, 1.54) is 18.9 Å². The molecule has 3 aromatic carbocycles. The largest absolute Gasteiger partial charge is 0.399 e. The van der Waals surface area contributed by atoms with Crippen molar-refractivity contribution in [2.75, 3.05) is 36.6 Å². The summed E-state index contributed by atoms with van der Waals surface area (Å²) >= 11 is 0. The molecule has 8 nitrogen and oxygen atoms in total. The highest BCUT2D eigenvalue weighted by Crippen LogP contribution is 2.43. The van der Waals surface area contributed by atoms with Crippen LogP contribution >= 0.6 is 0 Å². The molecule has 0 unspecified atom stereocenters. The summed E-state index contributed by atoms with van der Waals surface area (Å²) in [4.78, 5) is 22.2. The second-order valence-corrected chi connectivity index (χ2v) is 13.2. The van der Waals surface area contributed by atoms with Crippen LogP contribution in [0.3, 0.4) is 0 Å². The molecule has 2 heterocycles. The number of piperazine rings is 1. The Morgan fingerprint density at radius 2 is 1.63 bits per heavy atom. The van der Waals surface area contributed by atoms with Crippen molar-refractivity contribution in [2.45, 2.75) is 37.1 Å². The molecule has 9 heteroatoms. The number of fused-ring (bicyclic) bond motifs is 1. The molecule has 1 aliphatic carbocycles. The van der Waals surface area contributed by atoms with Crippen molar-refractivity contribution in [2.24, 2.45) is 5.92 Å². The van der Waals surface area contributed by atoms with Gasteiger partial charge in [0.25, 0.3) is 15.9 Å². The molecule has 0 atom stereocenters. The zero-order chi connectivity index (χ0) is 28.8. The lowest BCUT2D eigenvalue weighted by molar-refractivity contribution is 0.0328. The summed E-state index contributed by atoms with van der Waals surface area (Å²) in [7, 11) is -3.99. The van der Waals surface area contributed by atoms with Gasteiger partial charge in [0.2, 0.25) is 0 Å². The summed E-state index contributed by atoms with van der Waals surface area (Å²) in [5, 5.41) is 0.900. The number of carbonyl (C=O) groups excluding carboxylic acids is 1. The van der Waals surface area contributed by atoms with Crippen LogP contribution in [0, 0.1) is 5.92 Å². The third-order valence-corrected chi connectivity index (χ3v) is 10.00. The van der Waals surface area contributed by atoms with E-state index < -0.39 is 10.0 Å². The second-order valence-electron chi connectivity index (χ2n) is 11.5. The van der Waals surface area contributed by atoms with Crippen molar-refractivity contribution in [3.63, 3.8) is 0 Å². The lowest BCUT2D eigenvalue weighted by Crippen LogP contribution is -2.56. The average molecular weight is 570 g/mol. The van der Waals surface area contributed by atoms with Gasteiger partial charge in [-0.3, -0.25) is 19.4 Å². The standard InChI is InChI=1S/C32H35N5O3S/c1-32(2,24-10-11-24)37-19-17-36(18-20-37)31(38)23-8-13-26(14-9-23)35-41(39,40)29-15-12-25(33)21-28(29)27-7-3-5-22-6-4-16-34-30(22)27/h3-9,12-16,21,24,35H,10-11,17-20,33H2,1-2H3. The van der Waals surface area contributed by atoms with Gasteiger partial charge in [-0.2, -0.15) is 0 Å². The third-order valence-electron chi connectivity index (χ3n) is 8.56. The van der Waals surface area contributed by atoms with Gasteiger partial charge in [-0.1, -0.05) is 24.3 Å². The Morgan fingerprint density at radius 1 is 0.927 bits per heavy atom. The minimum absolute atomic E-state index is 0.0347. The molecule has 6 rings (SSSR count). The Labute approximate surface area is 241 Å². The summed E-state index contributed by atoms with van der Waals surface area (Å²) in [6.45, 7) is 7.73. The second kappa shape index (κ2) is 10.5. The third kappa shape index (κ3) is 5.39. The molecule has 1 aliphatic heterocycles. The molecule has 0 radical (unpaired) electrons. The van der Waals surface area contributed by atoms with Gasteiger partial charge >= 0.3 is 0 Å². The number of nitrogens with two attached hydrogens (primary N) is 1. The van der Waals surface area contributed by atoms with Crippen LogP contribution in [-0.2, 0) is 10.0 Å². The first kappa shape index (κ1) is 27.2. The lowest BCUT2D eigenvalue weighted by atomic mass is 9.95. The summed E-state index contributed by atoms with van der Waals surface area (Å²) in [5.41, 5.74) is 9.47. The van der Waals surface area contributed by atoms with Gasteiger partial charge in [-0.15, -0.1) is 0 Å². The number of carbonyl (C=O) groups is 1. The molecule has 1 aromatic heterocycles. The van der Waals surface area contributed by atoms with E-state index in [2.05, 4.69) is 28.5 Å². The van der Waals surface area contributed by atoms with E-state index in [-0.39, 0.29) is 16.3 Å². The highest BCUT2D eigenvalue weighted by Gasteiger charge is 2.43. The molecule has 1 saturated carbocycles. The minimum Gasteiger partial charge on any atom is -0.399 e. The van der Waals surface area contributed by atoms with E-state index in [0.717, 1.165) is 24.4 Å². The number of benzene rings is 3. The molecule has 212 valence electrons. The van der Waals surface area contributed by atoms with Crippen molar-refractivity contribution in [3.05, 3.63) is 84.6 Å². The number of para-hydroxylation sites is 1. The first-order valence-electron chi connectivity index (χ1n) is 14.0. The number of nitrogen functional groups attached to an aromatic ring is 1. The fraction of sp³-hybridized carbons (Fsp3) is 0.312. The van der Waals surface area contributed by atoms with Crippen molar-refractivity contribution >= 4 is 38.2 Å². The Hall–Kier alpha value is -3.95. The summed E-state index contributed by atoms with van der Waals surface area (Å²) in [6, 6.07) is 20.8. The molecule has 2 fully saturated rings. The molecular formula is C32H35N5O3S. The van der Waals surface area contributed by atoms with Gasteiger partial charge in [-0.05, 0) is 81.1 Å². The highest BCUT2D eigenvalue weighted by molar-refractivity contribution is 7.92. The van der Waals surface area contributed by atoms with Crippen molar-refractivity contribution in [1.29, 1.82) is 0 Å². The van der Waals surface area contributed by atoms with Gasteiger partial charge in [0.1, 0.15) is 0 Å². The number of anilines is 2. The number of nitrogens with zero attached hydrogens (tertiary/aromatic N) is 3. The van der Waals surface area contributed by atoms with Crippen LogP contribution in [0.2, 0.25) is 0 Å². The maximum Gasteiger partial charge on any atom is 0.262 e. The summed E-state index contributed by atoms with van der Waals surface area (Å²) in [6.07, 6.45) is 4.27. The number of nitrogens with one attached hydrogen (secondary N) is 1. The first-order chi connectivity index (χ1) is 19.6. The Kier molecular flexibility index (Phi) is 6.95. The minimum atomic E-state index is -3.99. The van der Waals surface area contributed by atoms with Gasteiger partial charge in [0, 0.05) is 71.4 Å². The van der Waals surface area contributed by atoms with Crippen LogP contribution in [0.4, 0.5) is 11.4 Å². The topological polar surface area (TPSA) is 109 Å². The van der Waals surface area contributed by atoms with Crippen LogP contribution in [-0.4, -0.2) is 60.8 Å². The molecule has 41 heavy (non-hydrogen) atoms. The first-order valence-corrected chi connectivity index (χ1v) is 15.5. The molecule has 1 amide bonds. The van der Waals surface area contributed by atoms with E-state index in [4.69, 9.17) is 5.73 Å². The van der Waals surface area contributed by atoms with E-state index in [1.807, 2.05) is 35.2 Å². The Morgan fingerprint density at radius 3 is 2.34 bits per heavy atom. The van der Waals surface area contributed by atoms with Crippen molar-refractivity contribution in [1.82, 2.24) is 14.8 Å². The smallest absolute Gasteiger partial charge is 0.262 e. The monoisotopic (exact) mass is 569 g/mol.